The first-order valence-electron chi connectivity index (χ1n) is 11.1. The van der Waals surface area contributed by atoms with Crippen LogP contribution in [0.1, 0.15) is 29.2 Å². The molecule has 2 atom stereocenters. The summed E-state index contributed by atoms with van der Waals surface area (Å²) in [6, 6.07) is 8.90. The van der Waals surface area contributed by atoms with E-state index in [-0.39, 0.29) is 29.7 Å². The molecule has 2 bridgehead atoms. The first-order valence-corrected chi connectivity index (χ1v) is 11.1. The summed E-state index contributed by atoms with van der Waals surface area (Å²) >= 11 is 0. The molecule has 0 spiro atoms. The van der Waals surface area contributed by atoms with Crippen LogP contribution < -0.4 is 20.7 Å². The van der Waals surface area contributed by atoms with E-state index >= 15 is 0 Å². The molecule has 2 aromatic heterocycles. The van der Waals surface area contributed by atoms with Crippen LogP contribution >= 0.6 is 0 Å². The van der Waals surface area contributed by atoms with Crippen LogP contribution in [0.25, 0.3) is 11.0 Å². The number of fused-ring (bicyclic) bond motifs is 5. The van der Waals surface area contributed by atoms with Gasteiger partial charge in [0.15, 0.2) is 11.3 Å². The largest absolute Gasteiger partial charge is 0.493 e. The maximum absolute atomic E-state index is 13.3. The second-order valence-corrected chi connectivity index (χ2v) is 8.84. The molecule has 0 saturated carbocycles. The highest BCUT2D eigenvalue weighted by atomic mass is 16.5. The summed E-state index contributed by atoms with van der Waals surface area (Å²) in [5.74, 6) is 1.07. The maximum Gasteiger partial charge on any atom is 0.340 e. The number of likely N-dealkylation sites (tertiary alicyclic amines) is 1. The third kappa shape index (κ3) is 3.50. The first kappa shape index (κ1) is 21.3. The van der Waals surface area contributed by atoms with Gasteiger partial charge in [-0.2, -0.15) is 0 Å². The van der Waals surface area contributed by atoms with E-state index in [4.69, 9.17) is 13.9 Å². The summed E-state index contributed by atoms with van der Waals surface area (Å²) in [5, 5.41) is 0.707. The molecule has 1 saturated heterocycles. The van der Waals surface area contributed by atoms with Gasteiger partial charge in [-0.25, -0.2) is 4.79 Å². The molecule has 33 heavy (non-hydrogen) atoms. The van der Waals surface area contributed by atoms with Crippen LogP contribution in [0.3, 0.4) is 0 Å². The van der Waals surface area contributed by atoms with Crippen molar-refractivity contribution in [2.24, 2.45) is 5.92 Å². The molecule has 172 valence electrons. The number of ether oxygens (including phenoxy) is 2. The third-order valence-corrected chi connectivity index (χ3v) is 6.96. The Morgan fingerprint density at radius 2 is 1.91 bits per heavy atom. The number of piperidine rings is 1. The number of aromatic nitrogens is 1. The fourth-order valence-corrected chi connectivity index (χ4v) is 5.33. The summed E-state index contributed by atoms with van der Waals surface area (Å²) in [5.41, 5.74) is 1.81. The summed E-state index contributed by atoms with van der Waals surface area (Å²) in [4.78, 5) is 40.2. The number of amides is 1. The van der Waals surface area contributed by atoms with E-state index in [2.05, 4.69) is 0 Å². The molecule has 0 aliphatic carbocycles. The molecule has 1 amide bonds. The molecule has 0 unspecified atom stereocenters. The lowest BCUT2D eigenvalue weighted by molar-refractivity contribution is -0.133. The number of aryl methyl sites for hydroxylation is 1. The minimum absolute atomic E-state index is 0.0124. The van der Waals surface area contributed by atoms with E-state index in [1.165, 1.54) is 14.2 Å². The fraction of sp³-hybridized carbons (Fsp3) is 0.400. The zero-order valence-electron chi connectivity index (χ0n) is 18.9. The van der Waals surface area contributed by atoms with Crippen LogP contribution in [0.2, 0.25) is 0 Å². The van der Waals surface area contributed by atoms with Gasteiger partial charge in [0.2, 0.25) is 11.7 Å². The minimum Gasteiger partial charge on any atom is -0.493 e. The number of methoxy groups -OCH3 is 2. The molecule has 3 aromatic rings. The Hall–Kier alpha value is -3.55. The van der Waals surface area contributed by atoms with E-state index in [0.717, 1.165) is 12.1 Å². The molecule has 2 aliphatic heterocycles. The zero-order chi connectivity index (χ0) is 23.3. The van der Waals surface area contributed by atoms with Crippen molar-refractivity contribution in [2.75, 3.05) is 27.3 Å². The van der Waals surface area contributed by atoms with E-state index in [0.29, 0.717) is 53.2 Å². The molecule has 1 aromatic carbocycles. The van der Waals surface area contributed by atoms with Crippen LogP contribution in [0.15, 0.2) is 44.3 Å². The van der Waals surface area contributed by atoms with Gasteiger partial charge >= 0.3 is 5.63 Å². The fourth-order valence-electron chi connectivity index (χ4n) is 5.33. The summed E-state index contributed by atoms with van der Waals surface area (Å²) in [7, 11) is 3.01. The lowest BCUT2D eigenvalue weighted by atomic mass is 9.83. The summed E-state index contributed by atoms with van der Waals surface area (Å²) in [6.45, 7) is 3.57. The molecule has 1 fully saturated rings. The van der Waals surface area contributed by atoms with Crippen molar-refractivity contribution in [2.45, 2.75) is 32.2 Å². The monoisotopic (exact) mass is 450 g/mol. The van der Waals surface area contributed by atoms with Gasteiger partial charge in [0.05, 0.1) is 26.2 Å². The highest BCUT2D eigenvalue weighted by molar-refractivity contribution is 5.90. The van der Waals surface area contributed by atoms with Crippen molar-refractivity contribution >= 4 is 16.9 Å². The number of rotatable bonds is 4. The standard InChI is InChI=1S/C25H26N2O6/c1-14-17-7-8-20(31-2)24(32-3)23(17)33-25(30)18(14)10-22(29)26-11-15-9-16(13-26)19-5-4-6-21(28)27(19)12-15/h4-8,15-16H,9-13H2,1-3H3/t15-,16+/m0/s1. The van der Waals surface area contributed by atoms with E-state index < -0.39 is 5.63 Å². The van der Waals surface area contributed by atoms with E-state index in [1.54, 1.807) is 18.2 Å². The minimum atomic E-state index is -0.547. The second-order valence-electron chi connectivity index (χ2n) is 8.84. The topological polar surface area (TPSA) is 91.0 Å². The van der Waals surface area contributed by atoms with Gasteiger partial charge < -0.3 is 23.4 Å². The number of hydrogen-bond donors (Lipinski definition) is 0. The molecule has 0 radical (unpaired) electrons. The molecule has 5 rings (SSSR count). The number of benzene rings is 1. The van der Waals surface area contributed by atoms with Gasteiger partial charge in [0, 0.05) is 42.7 Å². The van der Waals surface area contributed by atoms with Gasteiger partial charge in [0.1, 0.15) is 0 Å². The van der Waals surface area contributed by atoms with Crippen molar-refractivity contribution in [1.82, 2.24) is 9.47 Å². The van der Waals surface area contributed by atoms with Crippen LogP contribution in [0.5, 0.6) is 11.5 Å². The lowest BCUT2D eigenvalue weighted by Gasteiger charge is -2.42. The smallest absolute Gasteiger partial charge is 0.340 e. The summed E-state index contributed by atoms with van der Waals surface area (Å²) < 4.78 is 18.1. The zero-order valence-corrected chi connectivity index (χ0v) is 18.9. The van der Waals surface area contributed by atoms with Gasteiger partial charge in [0.25, 0.3) is 5.56 Å². The quantitative estimate of drug-likeness (QED) is 0.567. The number of hydrogen-bond acceptors (Lipinski definition) is 6. The van der Waals surface area contributed by atoms with Crippen molar-refractivity contribution in [3.63, 3.8) is 0 Å². The SMILES string of the molecule is COc1ccc2c(C)c(CC(=O)N3C[C@@H]4C[C@H](C3)c3cccc(=O)n3C4)c(=O)oc2c1OC. The maximum atomic E-state index is 13.3. The summed E-state index contributed by atoms with van der Waals surface area (Å²) in [6.07, 6.45) is 0.936. The Bertz CT molecular complexity index is 1370. The molecule has 0 N–H and O–H groups in total. The normalized spacial score (nSPS) is 19.3. The predicted octanol–water partition coefficient (Wildman–Crippen LogP) is 2.47. The van der Waals surface area contributed by atoms with Gasteiger partial charge in [-0.15, -0.1) is 0 Å². The average Bonchev–Trinajstić information content (AvgIpc) is 2.81. The Morgan fingerprint density at radius 1 is 1.09 bits per heavy atom. The number of carbonyl (C=O) groups is 1. The number of nitrogens with zero attached hydrogens (tertiary/aromatic N) is 2. The van der Waals surface area contributed by atoms with Crippen molar-refractivity contribution in [3.8, 4) is 11.5 Å². The Morgan fingerprint density at radius 3 is 2.67 bits per heavy atom. The van der Waals surface area contributed by atoms with E-state index in [9.17, 15) is 14.4 Å². The molecular weight excluding hydrogens is 424 g/mol. The molecule has 4 heterocycles. The Kier molecular flexibility index (Phi) is 5.23. The Balaban J connectivity index is 1.44. The van der Waals surface area contributed by atoms with Gasteiger partial charge in [-0.05, 0) is 43.0 Å². The molecule has 2 aliphatic rings. The van der Waals surface area contributed by atoms with Crippen LogP contribution in [0, 0.1) is 12.8 Å². The molecule has 8 nitrogen and oxygen atoms in total. The Labute approximate surface area is 190 Å². The van der Waals surface area contributed by atoms with Crippen molar-refractivity contribution < 1.29 is 18.7 Å². The predicted molar refractivity (Wildman–Crippen MR) is 122 cm³/mol. The number of carbonyl (C=O) groups excluding carboxylic acids is 1. The molecule has 8 heteroatoms. The van der Waals surface area contributed by atoms with Crippen LogP contribution in [-0.2, 0) is 17.8 Å². The van der Waals surface area contributed by atoms with Gasteiger partial charge in [-0.1, -0.05) is 6.07 Å². The van der Waals surface area contributed by atoms with Gasteiger partial charge in [-0.3, -0.25) is 9.59 Å². The first-order chi connectivity index (χ1) is 15.9. The van der Waals surface area contributed by atoms with E-state index in [1.807, 2.05) is 28.5 Å². The molecular formula is C25H26N2O6. The second kappa shape index (κ2) is 8.10. The van der Waals surface area contributed by atoms with Crippen LogP contribution in [0.4, 0.5) is 0 Å². The highest BCUT2D eigenvalue weighted by Gasteiger charge is 2.36. The van der Waals surface area contributed by atoms with Crippen molar-refractivity contribution in [3.05, 3.63) is 67.9 Å². The third-order valence-electron chi connectivity index (χ3n) is 6.96. The lowest BCUT2D eigenvalue weighted by Crippen LogP contribution is -2.49. The number of pyridine rings is 1. The average molecular weight is 450 g/mol. The highest BCUT2D eigenvalue weighted by Crippen LogP contribution is 2.37. The van der Waals surface area contributed by atoms with Crippen LogP contribution in [-0.4, -0.2) is 42.7 Å². The van der Waals surface area contributed by atoms with Crippen molar-refractivity contribution in [1.29, 1.82) is 0 Å².